The molecule has 1 saturated carbocycles. The molecule has 0 spiro atoms. The third-order valence-corrected chi connectivity index (χ3v) is 5.68. The van der Waals surface area contributed by atoms with E-state index in [0.29, 0.717) is 5.56 Å². The van der Waals surface area contributed by atoms with Crippen molar-refractivity contribution in [1.82, 2.24) is 15.5 Å². The van der Waals surface area contributed by atoms with Crippen molar-refractivity contribution in [3.63, 3.8) is 0 Å². The van der Waals surface area contributed by atoms with Crippen LogP contribution >= 0.6 is 0 Å². The SMILES string of the molecule is N[C@@H]1CC(F)(F)C[C@@H]1NCc1cccc2c1C(=O)N(C1CCC(=O)NC1=O)C2=O. The second kappa shape index (κ2) is 6.96. The molecule has 2 heterocycles. The van der Waals surface area contributed by atoms with Crippen LogP contribution in [0.5, 0.6) is 0 Å². The summed E-state index contributed by atoms with van der Waals surface area (Å²) in [6, 6.07) is 2.34. The van der Waals surface area contributed by atoms with E-state index in [0.717, 1.165) is 4.90 Å². The third-order valence-electron chi connectivity index (χ3n) is 5.68. The number of nitrogens with one attached hydrogen (secondary N) is 2. The van der Waals surface area contributed by atoms with Crippen LogP contribution in [0.25, 0.3) is 0 Å². The van der Waals surface area contributed by atoms with Crippen molar-refractivity contribution < 1.29 is 28.0 Å². The van der Waals surface area contributed by atoms with Gasteiger partial charge in [0.15, 0.2) is 0 Å². The molecule has 154 valence electrons. The van der Waals surface area contributed by atoms with Crippen LogP contribution in [0.3, 0.4) is 0 Å². The Morgan fingerprint density at radius 1 is 1.17 bits per heavy atom. The fourth-order valence-corrected chi connectivity index (χ4v) is 4.24. The molecule has 1 saturated heterocycles. The summed E-state index contributed by atoms with van der Waals surface area (Å²) in [4.78, 5) is 50.2. The highest BCUT2D eigenvalue weighted by Crippen LogP contribution is 2.35. The van der Waals surface area contributed by atoms with Crippen LogP contribution in [-0.4, -0.2) is 52.6 Å². The molecule has 3 aliphatic rings. The van der Waals surface area contributed by atoms with Crippen molar-refractivity contribution >= 4 is 23.6 Å². The molecule has 2 aliphatic heterocycles. The number of hydrogen-bond donors (Lipinski definition) is 3. The van der Waals surface area contributed by atoms with Crippen LogP contribution in [0.1, 0.15) is 52.0 Å². The van der Waals surface area contributed by atoms with Gasteiger partial charge in [0.1, 0.15) is 6.04 Å². The van der Waals surface area contributed by atoms with Gasteiger partial charge in [-0.25, -0.2) is 8.78 Å². The average molecular weight is 406 g/mol. The molecule has 1 aromatic rings. The maximum absolute atomic E-state index is 13.5. The van der Waals surface area contributed by atoms with Crippen molar-refractivity contribution in [3.05, 3.63) is 34.9 Å². The number of nitrogens with zero attached hydrogens (tertiary/aromatic N) is 1. The molecule has 8 nitrogen and oxygen atoms in total. The first-order chi connectivity index (χ1) is 13.7. The van der Waals surface area contributed by atoms with Gasteiger partial charge in [-0.05, 0) is 18.1 Å². The number of benzene rings is 1. The van der Waals surface area contributed by atoms with Crippen molar-refractivity contribution in [2.75, 3.05) is 0 Å². The number of alkyl halides is 2. The van der Waals surface area contributed by atoms with Gasteiger partial charge in [-0.1, -0.05) is 12.1 Å². The number of piperidine rings is 1. The lowest BCUT2D eigenvalue weighted by molar-refractivity contribution is -0.136. The van der Waals surface area contributed by atoms with E-state index in [1.807, 2.05) is 0 Å². The summed E-state index contributed by atoms with van der Waals surface area (Å²) in [5, 5.41) is 5.11. The molecular formula is C19H20F2N4O4. The summed E-state index contributed by atoms with van der Waals surface area (Å²) < 4.78 is 27.1. The highest BCUT2D eigenvalue weighted by molar-refractivity contribution is 6.24. The zero-order valence-electron chi connectivity index (χ0n) is 15.4. The van der Waals surface area contributed by atoms with Gasteiger partial charge in [0, 0.05) is 37.9 Å². The Kier molecular flexibility index (Phi) is 4.70. The lowest BCUT2D eigenvalue weighted by Gasteiger charge is -2.27. The number of hydrogen-bond acceptors (Lipinski definition) is 6. The first-order valence-electron chi connectivity index (χ1n) is 9.38. The molecule has 0 bridgehead atoms. The van der Waals surface area contributed by atoms with E-state index in [4.69, 9.17) is 5.73 Å². The third kappa shape index (κ3) is 3.42. The molecule has 4 amide bonds. The van der Waals surface area contributed by atoms with E-state index in [-0.39, 0.29) is 30.5 Å². The Morgan fingerprint density at radius 2 is 1.93 bits per heavy atom. The normalized spacial score (nSPS) is 28.7. The zero-order chi connectivity index (χ0) is 20.9. The molecule has 0 aromatic heterocycles. The van der Waals surface area contributed by atoms with E-state index in [1.165, 1.54) is 6.07 Å². The fourth-order valence-electron chi connectivity index (χ4n) is 4.24. The largest absolute Gasteiger partial charge is 0.326 e. The number of nitrogens with two attached hydrogens (primary N) is 1. The van der Waals surface area contributed by atoms with E-state index >= 15 is 0 Å². The van der Waals surface area contributed by atoms with Gasteiger partial charge in [-0.15, -0.1) is 0 Å². The fraction of sp³-hybridized carbons (Fsp3) is 0.474. The first kappa shape index (κ1) is 19.6. The van der Waals surface area contributed by atoms with Crippen LogP contribution in [-0.2, 0) is 16.1 Å². The van der Waals surface area contributed by atoms with Crippen LogP contribution < -0.4 is 16.4 Å². The van der Waals surface area contributed by atoms with Crippen molar-refractivity contribution in [2.24, 2.45) is 5.73 Å². The molecule has 1 unspecified atom stereocenters. The minimum atomic E-state index is -2.83. The highest BCUT2D eigenvalue weighted by Gasteiger charge is 2.46. The van der Waals surface area contributed by atoms with Crippen molar-refractivity contribution in [2.45, 2.75) is 56.3 Å². The molecule has 0 radical (unpaired) electrons. The zero-order valence-corrected chi connectivity index (χ0v) is 15.4. The Labute approximate surface area is 164 Å². The second-order valence-electron chi connectivity index (χ2n) is 7.70. The van der Waals surface area contributed by atoms with Gasteiger partial charge in [-0.3, -0.25) is 29.4 Å². The van der Waals surface area contributed by atoms with Crippen LogP contribution in [0, 0.1) is 0 Å². The molecule has 2 fully saturated rings. The molecule has 4 rings (SSSR count). The number of carbonyl (C=O) groups excluding carboxylic acids is 4. The van der Waals surface area contributed by atoms with Gasteiger partial charge >= 0.3 is 0 Å². The summed E-state index contributed by atoms with van der Waals surface area (Å²) in [5.74, 6) is -5.19. The molecular weight excluding hydrogens is 386 g/mol. The topological polar surface area (TPSA) is 122 Å². The van der Waals surface area contributed by atoms with E-state index in [9.17, 15) is 28.0 Å². The first-order valence-corrected chi connectivity index (χ1v) is 9.38. The average Bonchev–Trinajstić information content (AvgIpc) is 3.06. The predicted octanol–water partition coefficient (Wildman–Crippen LogP) is 0.302. The summed E-state index contributed by atoms with van der Waals surface area (Å²) >= 11 is 0. The van der Waals surface area contributed by atoms with E-state index in [1.54, 1.807) is 12.1 Å². The molecule has 1 aliphatic carbocycles. The van der Waals surface area contributed by atoms with Gasteiger partial charge in [-0.2, -0.15) is 0 Å². The lowest BCUT2D eigenvalue weighted by Crippen LogP contribution is -2.54. The quantitative estimate of drug-likeness (QED) is 0.619. The number of amides is 4. The standard InChI is InChI=1S/C19H20F2N4O4/c20-19(21)6-11(22)12(7-19)23-8-9-2-1-3-10-15(9)18(29)25(17(10)28)13-4-5-14(26)24-16(13)27/h1-3,11-13,23H,4-8,22H2,(H,24,26,27)/t11-,12+,13?/m1/s1. The molecule has 29 heavy (non-hydrogen) atoms. The summed E-state index contributed by atoms with van der Waals surface area (Å²) in [6.45, 7) is 0.0832. The number of rotatable bonds is 4. The maximum atomic E-state index is 13.5. The smallest absolute Gasteiger partial charge is 0.262 e. The monoisotopic (exact) mass is 406 g/mol. The van der Waals surface area contributed by atoms with Gasteiger partial charge < -0.3 is 11.1 Å². The van der Waals surface area contributed by atoms with Gasteiger partial charge in [0.2, 0.25) is 11.8 Å². The highest BCUT2D eigenvalue weighted by atomic mass is 19.3. The van der Waals surface area contributed by atoms with E-state index in [2.05, 4.69) is 10.6 Å². The summed E-state index contributed by atoms with van der Waals surface area (Å²) in [6.07, 6.45) is -0.696. The van der Waals surface area contributed by atoms with Crippen LogP contribution in [0.2, 0.25) is 0 Å². The lowest BCUT2D eigenvalue weighted by atomic mass is 10.0. The predicted molar refractivity (Wildman–Crippen MR) is 95.9 cm³/mol. The van der Waals surface area contributed by atoms with Gasteiger partial charge in [0.25, 0.3) is 17.7 Å². The Bertz CT molecular complexity index is 919. The Balaban J connectivity index is 1.55. The summed E-state index contributed by atoms with van der Waals surface area (Å²) in [5.41, 5.74) is 6.55. The van der Waals surface area contributed by atoms with Crippen LogP contribution in [0.4, 0.5) is 8.78 Å². The van der Waals surface area contributed by atoms with E-state index < -0.39 is 60.5 Å². The Morgan fingerprint density at radius 3 is 2.59 bits per heavy atom. The molecule has 10 heteroatoms. The molecule has 4 N–H and O–H groups in total. The van der Waals surface area contributed by atoms with Crippen LogP contribution in [0.15, 0.2) is 18.2 Å². The maximum Gasteiger partial charge on any atom is 0.262 e. The number of imide groups is 2. The van der Waals surface area contributed by atoms with Gasteiger partial charge in [0.05, 0.1) is 11.1 Å². The minimum absolute atomic E-state index is 0.0337. The van der Waals surface area contributed by atoms with Crippen molar-refractivity contribution in [1.29, 1.82) is 0 Å². The van der Waals surface area contributed by atoms with Crippen molar-refractivity contribution in [3.8, 4) is 0 Å². The number of carbonyl (C=O) groups is 4. The minimum Gasteiger partial charge on any atom is -0.326 e. The molecule has 3 atom stereocenters. The Hall–Kier alpha value is -2.72. The number of fused-ring (bicyclic) bond motifs is 1. The second-order valence-corrected chi connectivity index (χ2v) is 7.70. The summed E-state index contributed by atoms with van der Waals surface area (Å²) in [7, 11) is 0. The molecule has 1 aromatic carbocycles. The number of halogens is 2.